The maximum Gasteiger partial charge on any atom is 0.306 e. The molecule has 6 nitrogen and oxygen atoms in total. The molecule has 0 aliphatic heterocycles. The van der Waals surface area contributed by atoms with E-state index in [2.05, 4.69) is 118 Å². The van der Waals surface area contributed by atoms with Crippen molar-refractivity contribution in [2.24, 2.45) is 0 Å². The lowest BCUT2D eigenvalue weighted by Gasteiger charge is -2.18. The fourth-order valence-corrected chi connectivity index (χ4v) is 6.59. The minimum absolute atomic E-state index is 0.105. The van der Waals surface area contributed by atoms with Gasteiger partial charge in [0, 0.05) is 19.3 Å². The lowest BCUT2D eigenvalue weighted by atomic mass is 10.1. The number of esters is 3. The molecule has 62 heavy (non-hydrogen) atoms. The SMILES string of the molecule is CC/C=C\C/C=C\C/C=C\CCCCCCC(=O)OC(COC(=O)CCC/C=C\C/C=C\C/C=C\CC)COC(=O)CCCCCCCCCCCC/C=C\C=C/CCCCC. The van der Waals surface area contributed by atoms with E-state index in [0.29, 0.717) is 12.8 Å². The normalized spacial score (nSPS) is 12.9. The Balaban J connectivity index is 4.42. The van der Waals surface area contributed by atoms with Crippen molar-refractivity contribution in [2.45, 2.75) is 226 Å². The third-order valence-corrected chi connectivity index (χ3v) is 10.3. The molecule has 6 heteroatoms. The third kappa shape index (κ3) is 47.4. The van der Waals surface area contributed by atoms with Crippen LogP contribution < -0.4 is 0 Å². The summed E-state index contributed by atoms with van der Waals surface area (Å²) < 4.78 is 16.7. The highest BCUT2D eigenvalue weighted by Crippen LogP contribution is 2.14. The number of rotatable bonds is 44. The lowest BCUT2D eigenvalue weighted by molar-refractivity contribution is -0.167. The molecule has 0 aliphatic rings. The summed E-state index contributed by atoms with van der Waals surface area (Å²) in [5.41, 5.74) is 0. The first kappa shape index (κ1) is 58.3. The molecule has 0 N–H and O–H groups in total. The molecule has 0 saturated carbocycles. The highest BCUT2D eigenvalue weighted by molar-refractivity contribution is 5.71. The zero-order valence-electron chi connectivity index (χ0n) is 40.1. The molecule has 0 aromatic heterocycles. The van der Waals surface area contributed by atoms with Crippen LogP contribution in [0.4, 0.5) is 0 Å². The second-order valence-corrected chi connectivity index (χ2v) is 16.3. The minimum Gasteiger partial charge on any atom is -0.462 e. The Kier molecular flexibility index (Phi) is 47.0. The summed E-state index contributed by atoms with van der Waals surface area (Å²) in [7, 11) is 0. The number of hydrogen-bond acceptors (Lipinski definition) is 6. The van der Waals surface area contributed by atoms with Gasteiger partial charge in [-0.3, -0.25) is 14.4 Å². The van der Waals surface area contributed by atoms with Crippen molar-refractivity contribution < 1.29 is 28.6 Å². The first-order valence-corrected chi connectivity index (χ1v) is 25.3. The summed E-state index contributed by atoms with van der Waals surface area (Å²) in [6.45, 7) is 6.30. The molecule has 0 aliphatic carbocycles. The van der Waals surface area contributed by atoms with Crippen LogP contribution in [0.3, 0.4) is 0 Å². The van der Waals surface area contributed by atoms with Crippen LogP contribution in [-0.4, -0.2) is 37.2 Å². The number of carbonyl (C=O) groups is 3. The van der Waals surface area contributed by atoms with Crippen LogP contribution in [0.25, 0.3) is 0 Å². The second kappa shape index (κ2) is 50.0. The van der Waals surface area contributed by atoms with E-state index < -0.39 is 6.10 Å². The smallest absolute Gasteiger partial charge is 0.306 e. The summed E-state index contributed by atoms with van der Waals surface area (Å²) in [6.07, 6.45) is 65.5. The first-order chi connectivity index (χ1) is 30.5. The van der Waals surface area contributed by atoms with Crippen LogP contribution in [0.15, 0.2) is 97.2 Å². The van der Waals surface area contributed by atoms with E-state index >= 15 is 0 Å². The number of ether oxygens (including phenoxy) is 3. The molecule has 0 aromatic carbocycles. The van der Waals surface area contributed by atoms with Gasteiger partial charge in [-0.15, -0.1) is 0 Å². The Hall–Kier alpha value is -3.67. The third-order valence-electron chi connectivity index (χ3n) is 10.3. The lowest BCUT2D eigenvalue weighted by Crippen LogP contribution is -2.30. The Labute approximate surface area is 381 Å². The molecular formula is C56H92O6. The molecule has 0 saturated heterocycles. The predicted molar refractivity (Wildman–Crippen MR) is 265 cm³/mol. The predicted octanol–water partition coefficient (Wildman–Crippen LogP) is 16.6. The highest BCUT2D eigenvalue weighted by atomic mass is 16.6. The van der Waals surface area contributed by atoms with E-state index in [1.807, 2.05) is 0 Å². The van der Waals surface area contributed by atoms with Crippen molar-refractivity contribution in [1.82, 2.24) is 0 Å². The molecular weight excluding hydrogens is 769 g/mol. The van der Waals surface area contributed by atoms with Gasteiger partial charge in [-0.05, 0) is 103 Å². The van der Waals surface area contributed by atoms with Crippen LogP contribution in [0.1, 0.15) is 220 Å². The van der Waals surface area contributed by atoms with Crippen LogP contribution in [-0.2, 0) is 28.6 Å². The van der Waals surface area contributed by atoms with Gasteiger partial charge in [0.1, 0.15) is 13.2 Å². The summed E-state index contributed by atoms with van der Waals surface area (Å²) in [4.78, 5) is 37.9. The molecule has 0 fully saturated rings. The van der Waals surface area contributed by atoms with Crippen LogP contribution >= 0.6 is 0 Å². The number of carbonyl (C=O) groups excluding carboxylic acids is 3. The Morgan fingerprint density at radius 2 is 0.694 bits per heavy atom. The Morgan fingerprint density at radius 1 is 0.355 bits per heavy atom. The molecule has 0 radical (unpaired) electrons. The van der Waals surface area contributed by atoms with E-state index in [4.69, 9.17) is 14.2 Å². The largest absolute Gasteiger partial charge is 0.462 e. The molecule has 0 aromatic rings. The van der Waals surface area contributed by atoms with Gasteiger partial charge in [0.15, 0.2) is 6.10 Å². The molecule has 0 heterocycles. The van der Waals surface area contributed by atoms with Crippen molar-refractivity contribution in [1.29, 1.82) is 0 Å². The molecule has 0 spiro atoms. The zero-order valence-corrected chi connectivity index (χ0v) is 40.1. The first-order valence-electron chi connectivity index (χ1n) is 25.3. The summed E-state index contributed by atoms with van der Waals surface area (Å²) in [5.74, 6) is -0.993. The highest BCUT2D eigenvalue weighted by Gasteiger charge is 2.19. The van der Waals surface area contributed by atoms with Gasteiger partial charge in [-0.2, -0.15) is 0 Å². The van der Waals surface area contributed by atoms with Crippen molar-refractivity contribution >= 4 is 17.9 Å². The molecule has 0 amide bonds. The van der Waals surface area contributed by atoms with E-state index in [0.717, 1.165) is 96.3 Å². The van der Waals surface area contributed by atoms with Gasteiger partial charge in [0.05, 0.1) is 0 Å². The Morgan fingerprint density at radius 3 is 1.15 bits per heavy atom. The van der Waals surface area contributed by atoms with E-state index in [9.17, 15) is 14.4 Å². The standard InChI is InChI=1S/C56H92O6/c1-4-7-10-13-16-19-22-24-26-27-28-29-30-32-34-37-40-43-46-49-55(58)61-52-53(51-60-54(57)48-45-42-39-36-33-21-18-15-12-9-6-3)62-56(59)50-47-44-41-38-35-31-25-23-20-17-14-11-8-5-2/h8-9,11-12,16-22,24-25,31,36,39,53H,4-7,10,13-15,23,26-30,32-35,37-38,40-52H2,1-3H3/b11-8-,12-9-,19-16-,20-17-,21-18-,24-22-,31-25-,39-36-. The fourth-order valence-electron chi connectivity index (χ4n) is 6.59. The minimum atomic E-state index is -0.810. The van der Waals surface area contributed by atoms with Gasteiger partial charge in [-0.1, -0.05) is 195 Å². The van der Waals surface area contributed by atoms with Gasteiger partial charge < -0.3 is 14.2 Å². The van der Waals surface area contributed by atoms with Gasteiger partial charge in [-0.25, -0.2) is 0 Å². The summed E-state index contributed by atoms with van der Waals surface area (Å²) in [5, 5.41) is 0. The van der Waals surface area contributed by atoms with Crippen molar-refractivity contribution in [3.63, 3.8) is 0 Å². The second-order valence-electron chi connectivity index (χ2n) is 16.3. The van der Waals surface area contributed by atoms with Gasteiger partial charge in [0.2, 0.25) is 0 Å². The van der Waals surface area contributed by atoms with Crippen LogP contribution in [0.5, 0.6) is 0 Å². The number of hydrogen-bond donors (Lipinski definition) is 0. The summed E-state index contributed by atoms with van der Waals surface area (Å²) in [6, 6.07) is 0. The Bertz CT molecular complexity index is 1260. The monoisotopic (exact) mass is 861 g/mol. The number of unbranched alkanes of at least 4 members (excludes halogenated alkanes) is 18. The number of allylic oxidation sites excluding steroid dienone is 16. The molecule has 1 unspecified atom stereocenters. The average Bonchev–Trinajstić information content (AvgIpc) is 3.27. The average molecular weight is 861 g/mol. The van der Waals surface area contributed by atoms with E-state index in [-0.39, 0.29) is 44.0 Å². The van der Waals surface area contributed by atoms with Crippen molar-refractivity contribution in [2.75, 3.05) is 13.2 Å². The maximum absolute atomic E-state index is 12.8. The summed E-state index contributed by atoms with van der Waals surface area (Å²) >= 11 is 0. The van der Waals surface area contributed by atoms with Crippen molar-refractivity contribution in [3.05, 3.63) is 97.2 Å². The molecule has 1 atom stereocenters. The van der Waals surface area contributed by atoms with Crippen molar-refractivity contribution in [3.8, 4) is 0 Å². The maximum atomic E-state index is 12.8. The van der Waals surface area contributed by atoms with Gasteiger partial charge in [0.25, 0.3) is 0 Å². The quantitative estimate of drug-likeness (QED) is 0.0200. The van der Waals surface area contributed by atoms with E-state index in [1.54, 1.807) is 0 Å². The topological polar surface area (TPSA) is 78.9 Å². The van der Waals surface area contributed by atoms with Crippen LogP contribution in [0.2, 0.25) is 0 Å². The molecule has 352 valence electrons. The fraction of sp³-hybridized carbons (Fsp3) is 0.661. The van der Waals surface area contributed by atoms with Crippen LogP contribution in [0, 0.1) is 0 Å². The van der Waals surface area contributed by atoms with Gasteiger partial charge >= 0.3 is 17.9 Å². The van der Waals surface area contributed by atoms with E-state index in [1.165, 1.54) is 77.0 Å². The zero-order chi connectivity index (χ0) is 45.1. The molecule has 0 rings (SSSR count). The molecule has 0 bridgehead atoms.